The van der Waals surface area contributed by atoms with Gasteiger partial charge in [0.25, 0.3) is 0 Å². The standard InChI is InChI=1S/C10H16O5/c1-10(8(12)14-2,9(13)15-3)6-4-5-7-11/h4-5,11H,6-7H2,1-3H3/b5-4+. The fourth-order valence-corrected chi connectivity index (χ4v) is 1.09. The second-order valence-corrected chi connectivity index (χ2v) is 3.17. The van der Waals surface area contributed by atoms with E-state index < -0.39 is 17.4 Å². The first kappa shape index (κ1) is 13.6. The Morgan fingerprint density at radius 3 is 2.00 bits per heavy atom. The van der Waals surface area contributed by atoms with Crippen LogP contribution in [0.15, 0.2) is 12.2 Å². The van der Waals surface area contributed by atoms with Crippen LogP contribution in [0.25, 0.3) is 0 Å². The van der Waals surface area contributed by atoms with Gasteiger partial charge in [-0.15, -0.1) is 0 Å². The first-order chi connectivity index (χ1) is 7.02. The summed E-state index contributed by atoms with van der Waals surface area (Å²) in [5, 5.41) is 8.54. The van der Waals surface area contributed by atoms with Crippen LogP contribution in [-0.2, 0) is 19.1 Å². The molecule has 0 spiro atoms. The second-order valence-electron chi connectivity index (χ2n) is 3.17. The van der Waals surface area contributed by atoms with Gasteiger partial charge >= 0.3 is 11.9 Å². The molecule has 0 heterocycles. The summed E-state index contributed by atoms with van der Waals surface area (Å²) in [4.78, 5) is 22.8. The summed E-state index contributed by atoms with van der Waals surface area (Å²) in [6.45, 7) is 1.30. The van der Waals surface area contributed by atoms with E-state index in [0.29, 0.717) is 0 Å². The molecule has 0 aliphatic heterocycles. The highest BCUT2D eigenvalue weighted by atomic mass is 16.5. The summed E-state index contributed by atoms with van der Waals surface area (Å²) in [6.07, 6.45) is 3.12. The molecule has 0 amide bonds. The molecule has 15 heavy (non-hydrogen) atoms. The van der Waals surface area contributed by atoms with Gasteiger partial charge in [-0.3, -0.25) is 9.59 Å². The molecule has 0 atom stereocenters. The Balaban J connectivity index is 4.77. The Morgan fingerprint density at radius 2 is 1.67 bits per heavy atom. The van der Waals surface area contributed by atoms with Gasteiger partial charge in [0.05, 0.1) is 20.8 Å². The van der Waals surface area contributed by atoms with Gasteiger partial charge in [0.1, 0.15) is 0 Å². The van der Waals surface area contributed by atoms with Crippen LogP contribution in [0.3, 0.4) is 0 Å². The van der Waals surface area contributed by atoms with Crippen molar-refractivity contribution in [2.24, 2.45) is 5.41 Å². The number of carbonyl (C=O) groups is 2. The fraction of sp³-hybridized carbons (Fsp3) is 0.600. The van der Waals surface area contributed by atoms with E-state index in [-0.39, 0.29) is 13.0 Å². The number of allylic oxidation sites excluding steroid dienone is 1. The Labute approximate surface area is 88.7 Å². The summed E-state index contributed by atoms with van der Waals surface area (Å²) in [5.74, 6) is -1.31. The van der Waals surface area contributed by atoms with Gasteiger partial charge in [0.2, 0.25) is 0 Å². The highest BCUT2D eigenvalue weighted by molar-refractivity contribution is 5.99. The van der Waals surface area contributed by atoms with E-state index in [1.165, 1.54) is 33.3 Å². The van der Waals surface area contributed by atoms with Crippen molar-refractivity contribution in [1.29, 1.82) is 0 Å². The first-order valence-electron chi connectivity index (χ1n) is 4.45. The Bertz CT molecular complexity index is 241. The van der Waals surface area contributed by atoms with Crippen molar-refractivity contribution in [2.75, 3.05) is 20.8 Å². The molecule has 5 heteroatoms. The topological polar surface area (TPSA) is 72.8 Å². The molecule has 86 valence electrons. The van der Waals surface area contributed by atoms with Crippen molar-refractivity contribution in [1.82, 2.24) is 0 Å². The lowest BCUT2D eigenvalue weighted by molar-refractivity contribution is -0.167. The number of hydrogen-bond acceptors (Lipinski definition) is 5. The van der Waals surface area contributed by atoms with Crippen molar-refractivity contribution in [3.63, 3.8) is 0 Å². The number of ether oxygens (including phenoxy) is 2. The lowest BCUT2D eigenvalue weighted by Gasteiger charge is -2.21. The molecule has 0 saturated carbocycles. The molecule has 0 aromatic heterocycles. The fourth-order valence-electron chi connectivity index (χ4n) is 1.09. The van der Waals surface area contributed by atoms with Crippen LogP contribution in [0, 0.1) is 5.41 Å². The maximum absolute atomic E-state index is 11.4. The molecule has 0 fully saturated rings. The van der Waals surface area contributed by atoms with Gasteiger partial charge in [0, 0.05) is 0 Å². The van der Waals surface area contributed by atoms with Crippen LogP contribution in [0.5, 0.6) is 0 Å². The van der Waals surface area contributed by atoms with Gasteiger partial charge in [0.15, 0.2) is 5.41 Å². The molecule has 0 aromatic carbocycles. The third-order valence-corrected chi connectivity index (χ3v) is 2.07. The van der Waals surface area contributed by atoms with E-state index in [1.54, 1.807) is 0 Å². The molecule has 0 unspecified atom stereocenters. The third kappa shape index (κ3) is 3.36. The van der Waals surface area contributed by atoms with E-state index in [9.17, 15) is 9.59 Å². The molecule has 0 bridgehead atoms. The van der Waals surface area contributed by atoms with E-state index in [2.05, 4.69) is 9.47 Å². The molecule has 0 aliphatic rings. The summed E-state index contributed by atoms with van der Waals surface area (Å²) in [7, 11) is 2.42. The quantitative estimate of drug-likeness (QED) is 0.406. The molecule has 1 N–H and O–H groups in total. The van der Waals surface area contributed by atoms with E-state index in [0.717, 1.165) is 0 Å². The number of carbonyl (C=O) groups excluding carboxylic acids is 2. The number of aliphatic hydroxyl groups excluding tert-OH is 1. The average Bonchev–Trinajstić information content (AvgIpc) is 2.26. The monoisotopic (exact) mass is 216 g/mol. The lowest BCUT2D eigenvalue weighted by atomic mass is 9.87. The zero-order chi connectivity index (χ0) is 11.9. The molecular weight excluding hydrogens is 200 g/mol. The number of esters is 2. The zero-order valence-corrected chi connectivity index (χ0v) is 9.15. The van der Waals surface area contributed by atoms with Crippen molar-refractivity contribution >= 4 is 11.9 Å². The van der Waals surface area contributed by atoms with Crippen LogP contribution >= 0.6 is 0 Å². The predicted molar refractivity (Wildman–Crippen MR) is 53.0 cm³/mol. The van der Waals surface area contributed by atoms with Crippen LogP contribution in [0.4, 0.5) is 0 Å². The summed E-state index contributed by atoms with van der Waals surface area (Å²) in [5.41, 5.74) is -1.35. The van der Waals surface area contributed by atoms with Crippen molar-refractivity contribution in [3.05, 3.63) is 12.2 Å². The van der Waals surface area contributed by atoms with Crippen LogP contribution in [0.2, 0.25) is 0 Å². The molecule has 0 rings (SSSR count). The van der Waals surface area contributed by atoms with Crippen LogP contribution in [-0.4, -0.2) is 37.9 Å². The molecule has 0 aliphatic carbocycles. The van der Waals surface area contributed by atoms with E-state index >= 15 is 0 Å². The van der Waals surface area contributed by atoms with Crippen molar-refractivity contribution in [3.8, 4) is 0 Å². The second kappa shape index (κ2) is 6.19. The minimum atomic E-state index is -1.35. The van der Waals surface area contributed by atoms with Crippen molar-refractivity contribution < 1.29 is 24.2 Å². The number of aliphatic hydroxyl groups is 1. The average molecular weight is 216 g/mol. The highest BCUT2D eigenvalue weighted by Crippen LogP contribution is 2.25. The summed E-state index contributed by atoms with van der Waals surface area (Å²) < 4.78 is 9.07. The van der Waals surface area contributed by atoms with Crippen LogP contribution < -0.4 is 0 Å². The number of rotatable bonds is 5. The predicted octanol–water partition coefficient (Wildman–Crippen LogP) is 0.277. The lowest BCUT2D eigenvalue weighted by Crippen LogP contribution is -2.38. The number of hydrogen-bond donors (Lipinski definition) is 1. The van der Waals surface area contributed by atoms with Crippen molar-refractivity contribution in [2.45, 2.75) is 13.3 Å². The third-order valence-electron chi connectivity index (χ3n) is 2.07. The minimum absolute atomic E-state index is 0.132. The van der Waals surface area contributed by atoms with E-state index in [4.69, 9.17) is 5.11 Å². The minimum Gasteiger partial charge on any atom is -0.468 e. The van der Waals surface area contributed by atoms with Gasteiger partial charge in [-0.05, 0) is 13.3 Å². The van der Waals surface area contributed by atoms with Gasteiger partial charge in [-0.25, -0.2) is 0 Å². The molecule has 0 radical (unpaired) electrons. The SMILES string of the molecule is COC(=O)C(C)(C/C=C/CO)C(=O)OC. The first-order valence-corrected chi connectivity index (χ1v) is 4.45. The molecule has 5 nitrogen and oxygen atoms in total. The van der Waals surface area contributed by atoms with Gasteiger partial charge < -0.3 is 14.6 Å². The molecular formula is C10H16O5. The van der Waals surface area contributed by atoms with Crippen LogP contribution in [0.1, 0.15) is 13.3 Å². The Kier molecular flexibility index (Phi) is 5.62. The highest BCUT2D eigenvalue weighted by Gasteiger charge is 2.42. The van der Waals surface area contributed by atoms with Gasteiger partial charge in [-0.2, -0.15) is 0 Å². The Morgan fingerprint density at radius 1 is 1.20 bits per heavy atom. The maximum atomic E-state index is 11.4. The molecule has 0 saturated heterocycles. The molecule has 0 aromatic rings. The number of methoxy groups -OCH3 is 2. The Hall–Kier alpha value is -1.36. The smallest absolute Gasteiger partial charge is 0.323 e. The zero-order valence-electron chi connectivity index (χ0n) is 9.15. The maximum Gasteiger partial charge on any atom is 0.323 e. The summed E-state index contributed by atoms with van der Waals surface area (Å²) in [6, 6.07) is 0. The van der Waals surface area contributed by atoms with E-state index in [1.807, 2.05) is 0 Å². The van der Waals surface area contributed by atoms with Gasteiger partial charge in [-0.1, -0.05) is 12.2 Å². The largest absolute Gasteiger partial charge is 0.468 e. The normalized spacial score (nSPS) is 11.5. The summed E-state index contributed by atoms with van der Waals surface area (Å²) >= 11 is 0.